The molecule has 5 rings (SSSR count). The minimum atomic E-state index is 0.0150. The van der Waals surface area contributed by atoms with E-state index in [2.05, 4.69) is 15.0 Å². The summed E-state index contributed by atoms with van der Waals surface area (Å²) in [4.78, 5) is 22.4. The van der Waals surface area contributed by atoms with Gasteiger partial charge in [0, 0.05) is 31.7 Å². The van der Waals surface area contributed by atoms with E-state index >= 15 is 0 Å². The molecule has 29 heavy (non-hydrogen) atoms. The van der Waals surface area contributed by atoms with Crippen LogP contribution >= 0.6 is 11.3 Å². The van der Waals surface area contributed by atoms with Crippen molar-refractivity contribution < 1.29 is 18.8 Å². The lowest BCUT2D eigenvalue weighted by molar-refractivity contribution is 0.0623. The molecule has 0 N–H and O–H groups in total. The topological polar surface area (TPSA) is 80.9 Å². The van der Waals surface area contributed by atoms with Crippen molar-refractivity contribution in [2.45, 2.75) is 6.54 Å². The summed E-state index contributed by atoms with van der Waals surface area (Å²) in [6.45, 7) is 4.50. The predicted molar refractivity (Wildman–Crippen MR) is 106 cm³/mol. The Hall–Kier alpha value is -2.91. The molecule has 2 aliphatic heterocycles. The molecule has 0 unspecified atom stereocenters. The maximum Gasteiger partial charge on any atom is 0.268 e. The van der Waals surface area contributed by atoms with Gasteiger partial charge in [0.05, 0.1) is 11.4 Å². The SMILES string of the molecule is O=C(c1ccc2c(c1)OCCO2)N1CCN(Cc2noc(-c3cccs3)n2)CC1. The van der Waals surface area contributed by atoms with E-state index in [0.717, 1.165) is 18.0 Å². The van der Waals surface area contributed by atoms with Gasteiger partial charge in [-0.2, -0.15) is 4.98 Å². The summed E-state index contributed by atoms with van der Waals surface area (Å²) >= 11 is 1.57. The minimum absolute atomic E-state index is 0.0150. The van der Waals surface area contributed by atoms with Gasteiger partial charge in [0.15, 0.2) is 17.3 Å². The Morgan fingerprint density at radius 2 is 1.90 bits per heavy atom. The zero-order chi connectivity index (χ0) is 19.6. The number of ether oxygens (including phenoxy) is 2. The number of piperazine rings is 1. The number of hydrogen-bond acceptors (Lipinski definition) is 8. The van der Waals surface area contributed by atoms with E-state index in [4.69, 9.17) is 14.0 Å². The fourth-order valence-corrected chi connectivity index (χ4v) is 4.13. The molecule has 150 valence electrons. The largest absolute Gasteiger partial charge is 0.486 e. The maximum absolute atomic E-state index is 12.9. The molecule has 4 heterocycles. The summed E-state index contributed by atoms with van der Waals surface area (Å²) in [7, 11) is 0. The normalized spacial score (nSPS) is 16.8. The second kappa shape index (κ2) is 7.84. The fourth-order valence-electron chi connectivity index (χ4n) is 3.49. The van der Waals surface area contributed by atoms with Crippen LogP contribution in [0, 0.1) is 0 Å². The molecule has 0 bridgehead atoms. The van der Waals surface area contributed by atoms with Gasteiger partial charge in [0.1, 0.15) is 13.2 Å². The van der Waals surface area contributed by atoms with Gasteiger partial charge in [-0.15, -0.1) is 11.3 Å². The summed E-state index contributed by atoms with van der Waals surface area (Å²) in [5.74, 6) is 2.57. The second-order valence-electron chi connectivity index (χ2n) is 6.92. The Morgan fingerprint density at radius 3 is 2.69 bits per heavy atom. The summed E-state index contributed by atoms with van der Waals surface area (Å²) in [6, 6.07) is 9.30. The second-order valence-corrected chi connectivity index (χ2v) is 7.87. The molecule has 0 aliphatic carbocycles. The Bertz CT molecular complexity index is 996. The summed E-state index contributed by atoms with van der Waals surface area (Å²) in [5.41, 5.74) is 0.626. The number of hydrogen-bond donors (Lipinski definition) is 0. The first-order valence-electron chi connectivity index (χ1n) is 9.54. The zero-order valence-corrected chi connectivity index (χ0v) is 16.6. The van der Waals surface area contributed by atoms with Crippen LogP contribution in [-0.4, -0.2) is 65.2 Å². The van der Waals surface area contributed by atoms with E-state index in [1.54, 1.807) is 29.5 Å². The molecule has 8 nitrogen and oxygen atoms in total. The standard InChI is InChI=1S/C20H20N4O4S/c25-20(14-3-4-15-16(12-14)27-10-9-26-15)24-7-5-23(6-8-24)13-18-21-19(28-22-18)17-2-1-11-29-17/h1-4,11-12H,5-10,13H2. The molecule has 0 saturated carbocycles. The number of carbonyl (C=O) groups excluding carboxylic acids is 1. The van der Waals surface area contributed by atoms with E-state index in [-0.39, 0.29) is 5.91 Å². The first-order valence-corrected chi connectivity index (χ1v) is 10.4. The number of benzene rings is 1. The lowest BCUT2D eigenvalue weighted by atomic mass is 10.1. The average Bonchev–Trinajstić information content (AvgIpc) is 3.45. The molecule has 0 radical (unpaired) electrons. The van der Waals surface area contributed by atoms with Gasteiger partial charge < -0.3 is 18.9 Å². The van der Waals surface area contributed by atoms with Gasteiger partial charge in [0.25, 0.3) is 11.8 Å². The lowest BCUT2D eigenvalue weighted by Gasteiger charge is -2.34. The Kier molecular flexibility index (Phi) is 4.91. The highest BCUT2D eigenvalue weighted by Crippen LogP contribution is 2.31. The maximum atomic E-state index is 12.9. The molecule has 2 aliphatic rings. The molecule has 1 amide bonds. The van der Waals surface area contributed by atoms with Gasteiger partial charge in [0.2, 0.25) is 0 Å². The number of amides is 1. The highest BCUT2D eigenvalue weighted by Gasteiger charge is 2.24. The van der Waals surface area contributed by atoms with E-state index in [0.29, 0.717) is 61.6 Å². The number of fused-ring (bicyclic) bond motifs is 1. The number of nitrogens with zero attached hydrogens (tertiary/aromatic N) is 4. The first-order chi connectivity index (χ1) is 14.3. The van der Waals surface area contributed by atoms with Gasteiger partial charge in [-0.1, -0.05) is 11.2 Å². The van der Waals surface area contributed by atoms with Crippen LogP contribution in [0.4, 0.5) is 0 Å². The first kappa shape index (κ1) is 18.1. The van der Waals surface area contributed by atoms with Crippen molar-refractivity contribution in [2.75, 3.05) is 39.4 Å². The molecule has 0 spiro atoms. The minimum Gasteiger partial charge on any atom is -0.486 e. The third-order valence-electron chi connectivity index (χ3n) is 5.01. The van der Waals surface area contributed by atoms with Gasteiger partial charge >= 0.3 is 0 Å². The van der Waals surface area contributed by atoms with Crippen molar-refractivity contribution in [2.24, 2.45) is 0 Å². The van der Waals surface area contributed by atoms with Crippen LogP contribution in [0.3, 0.4) is 0 Å². The summed E-state index contributed by atoms with van der Waals surface area (Å²) < 4.78 is 16.5. The number of aromatic nitrogens is 2. The smallest absolute Gasteiger partial charge is 0.268 e. The average molecular weight is 412 g/mol. The van der Waals surface area contributed by atoms with E-state index in [1.165, 1.54) is 0 Å². The third kappa shape index (κ3) is 3.83. The Morgan fingerprint density at radius 1 is 1.07 bits per heavy atom. The molecule has 1 saturated heterocycles. The van der Waals surface area contributed by atoms with Gasteiger partial charge in [-0.25, -0.2) is 0 Å². The fraction of sp³-hybridized carbons (Fsp3) is 0.350. The Labute approximate surface area is 171 Å². The van der Waals surface area contributed by atoms with E-state index in [9.17, 15) is 4.79 Å². The van der Waals surface area contributed by atoms with Crippen molar-refractivity contribution in [1.29, 1.82) is 0 Å². The van der Waals surface area contributed by atoms with Crippen molar-refractivity contribution in [3.8, 4) is 22.3 Å². The highest BCUT2D eigenvalue weighted by atomic mass is 32.1. The molecule has 2 aromatic heterocycles. The van der Waals surface area contributed by atoms with Crippen LogP contribution < -0.4 is 9.47 Å². The van der Waals surface area contributed by atoms with Crippen LogP contribution in [0.15, 0.2) is 40.2 Å². The molecule has 9 heteroatoms. The van der Waals surface area contributed by atoms with E-state index < -0.39 is 0 Å². The number of carbonyl (C=O) groups is 1. The molecular weight excluding hydrogens is 392 g/mol. The number of thiophene rings is 1. The molecule has 1 aromatic carbocycles. The van der Waals surface area contributed by atoms with Gasteiger partial charge in [-0.3, -0.25) is 9.69 Å². The summed E-state index contributed by atoms with van der Waals surface area (Å²) in [5, 5.41) is 6.06. The van der Waals surface area contributed by atoms with Crippen LogP contribution in [0.25, 0.3) is 10.8 Å². The molecule has 0 atom stereocenters. The van der Waals surface area contributed by atoms with Crippen LogP contribution in [0.2, 0.25) is 0 Å². The Balaban J connectivity index is 1.18. The third-order valence-corrected chi connectivity index (χ3v) is 5.87. The summed E-state index contributed by atoms with van der Waals surface area (Å²) in [6.07, 6.45) is 0. The monoisotopic (exact) mass is 412 g/mol. The molecular formula is C20H20N4O4S. The zero-order valence-electron chi connectivity index (χ0n) is 15.7. The van der Waals surface area contributed by atoms with Crippen molar-refractivity contribution in [3.63, 3.8) is 0 Å². The van der Waals surface area contributed by atoms with Crippen LogP contribution in [0.5, 0.6) is 11.5 Å². The predicted octanol–water partition coefficient (Wildman–Crippen LogP) is 2.53. The van der Waals surface area contributed by atoms with E-state index in [1.807, 2.05) is 22.4 Å². The van der Waals surface area contributed by atoms with Crippen molar-refractivity contribution in [3.05, 3.63) is 47.1 Å². The molecule has 1 fully saturated rings. The van der Waals surface area contributed by atoms with Crippen LogP contribution in [0.1, 0.15) is 16.2 Å². The lowest BCUT2D eigenvalue weighted by Crippen LogP contribution is -2.48. The number of rotatable bonds is 4. The molecule has 3 aromatic rings. The van der Waals surface area contributed by atoms with Crippen molar-refractivity contribution in [1.82, 2.24) is 19.9 Å². The van der Waals surface area contributed by atoms with Crippen LogP contribution in [-0.2, 0) is 6.54 Å². The van der Waals surface area contributed by atoms with Crippen molar-refractivity contribution >= 4 is 17.2 Å². The highest BCUT2D eigenvalue weighted by molar-refractivity contribution is 7.13. The quantitative estimate of drug-likeness (QED) is 0.651. The van der Waals surface area contributed by atoms with Gasteiger partial charge in [-0.05, 0) is 29.6 Å².